The van der Waals surface area contributed by atoms with E-state index in [0.717, 1.165) is 23.4 Å². The SMILES string of the molecule is CCN[C@@H](Cc1ccccc1)C(=O)NCc1ccc(OC)cc1. The fourth-order valence-corrected chi connectivity index (χ4v) is 2.41. The van der Waals surface area contributed by atoms with Gasteiger partial charge >= 0.3 is 0 Å². The van der Waals surface area contributed by atoms with E-state index < -0.39 is 0 Å². The Balaban J connectivity index is 1.92. The summed E-state index contributed by atoms with van der Waals surface area (Å²) in [6, 6.07) is 17.5. The van der Waals surface area contributed by atoms with Gasteiger partial charge in [-0.05, 0) is 36.2 Å². The number of carbonyl (C=O) groups excluding carboxylic acids is 1. The van der Waals surface area contributed by atoms with Crippen LogP contribution in [0.15, 0.2) is 54.6 Å². The van der Waals surface area contributed by atoms with Gasteiger partial charge in [-0.2, -0.15) is 0 Å². The summed E-state index contributed by atoms with van der Waals surface area (Å²) in [5, 5.41) is 6.25. The second kappa shape index (κ2) is 8.96. The Morgan fingerprint density at radius 2 is 1.74 bits per heavy atom. The number of benzene rings is 2. The number of nitrogens with one attached hydrogen (secondary N) is 2. The van der Waals surface area contributed by atoms with Crippen LogP contribution in [0.2, 0.25) is 0 Å². The van der Waals surface area contributed by atoms with Crippen LogP contribution in [0.3, 0.4) is 0 Å². The van der Waals surface area contributed by atoms with Gasteiger partial charge in [-0.3, -0.25) is 4.79 Å². The van der Waals surface area contributed by atoms with Gasteiger partial charge in [-0.25, -0.2) is 0 Å². The van der Waals surface area contributed by atoms with E-state index in [0.29, 0.717) is 13.0 Å². The summed E-state index contributed by atoms with van der Waals surface area (Å²) in [7, 11) is 1.64. The molecule has 0 saturated carbocycles. The van der Waals surface area contributed by atoms with Crippen molar-refractivity contribution in [2.75, 3.05) is 13.7 Å². The Morgan fingerprint density at radius 3 is 2.35 bits per heavy atom. The lowest BCUT2D eigenvalue weighted by Crippen LogP contribution is -2.45. The third-order valence-corrected chi connectivity index (χ3v) is 3.68. The second-order valence-corrected chi connectivity index (χ2v) is 5.37. The molecule has 1 amide bonds. The molecule has 0 aliphatic rings. The number of ether oxygens (including phenoxy) is 1. The van der Waals surface area contributed by atoms with Crippen LogP contribution in [0, 0.1) is 0 Å². The minimum atomic E-state index is -0.222. The molecular formula is C19H24N2O2. The molecule has 0 radical (unpaired) electrons. The molecular weight excluding hydrogens is 288 g/mol. The number of rotatable bonds is 8. The minimum Gasteiger partial charge on any atom is -0.497 e. The number of methoxy groups -OCH3 is 1. The van der Waals surface area contributed by atoms with Gasteiger partial charge < -0.3 is 15.4 Å². The average Bonchev–Trinajstić information content (AvgIpc) is 2.60. The molecule has 0 unspecified atom stereocenters. The van der Waals surface area contributed by atoms with E-state index in [1.807, 2.05) is 61.5 Å². The van der Waals surface area contributed by atoms with E-state index >= 15 is 0 Å². The molecule has 4 nitrogen and oxygen atoms in total. The fraction of sp³-hybridized carbons (Fsp3) is 0.316. The van der Waals surface area contributed by atoms with Crippen molar-refractivity contribution >= 4 is 5.91 Å². The maximum Gasteiger partial charge on any atom is 0.237 e. The summed E-state index contributed by atoms with van der Waals surface area (Å²) >= 11 is 0. The van der Waals surface area contributed by atoms with Gasteiger partial charge in [0.1, 0.15) is 5.75 Å². The first-order valence-corrected chi connectivity index (χ1v) is 7.91. The minimum absolute atomic E-state index is 0.0199. The number of hydrogen-bond donors (Lipinski definition) is 2. The van der Waals surface area contributed by atoms with Gasteiger partial charge in [-0.15, -0.1) is 0 Å². The van der Waals surface area contributed by atoms with Crippen molar-refractivity contribution in [1.29, 1.82) is 0 Å². The maximum atomic E-state index is 12.4. The van der Waals surface area contributed by atoms with E-state index in [1.54, 1.807) is 7.11 Å². The molecule has 0 fully saturated rings. The van der Waals surface area contributed by atoms with Crippen molar-refractivity contribution in [3.63, 3.8) is 0 Å². The predicted molar refractivity (Wildman–Crippen MR) is 92.5 cm³/mol. The van der Waals surface area contributed by atoms with E-state index in [1.165, 1.54) is 0 Å². The average molecular weight is 312 g/mol. The van der Waals surface area contributed by atoms with Crippen LogP contribution in [0.5, 0.6) is 5.75 Å². The van der Waals surface area contributed by atoms with E-state index in [2.05, 4.69) is 10.6 Å². The molecule has 1 atom stereocenters. The molecule has 2 aromatic carbocycles. The normalized spacial score (nSPS) is 11.7. The zero-order chi connectivity index (χ0) is 16.5. The molecule has 4 heteroatoms. The van der Waals surface area contributed by atoms with Crippen molar-refractivity contribution in [2.24, 2.45) is 0 Å². The number of hydrogen-bond acceptors (Lipinski definition) is 3. The van der Waals surface area contributed by atoms with Crippen molar-refractivity contribution in [3.05, 3.63) is 65.7 Å². The van der Waals surface area contributed by atoms with Crippen LogP contribution in [0.25, 0.3) is 0 Å². The second-order valence-electron chi connectivity index (χ2n) is 5.37. The maximum absolute atomic E-state index is 12.4. The molecule has 0 aromatic heterocycles. The lowest BCUT2D eigenvalue weighted by atomic mass is 10.1. The Hall–Kier alpha value is -2.33. The quantitative estimate of drug-likeness (QED) is 0.787. The standard InChI is InChI=1S/C19H24N2O2/c1-3-20-18(13-15-7-5-4-6-8-15)19(22)21-14-16-9-11-17(23-2)12-10-16/h4-12,18,20H,3,13-14H2,1-2H3,(H,21,22)/t18-/m0/s1. The smallest absolute Gasteiger partial charge is 0.237 e. The van der Waals surface area contributed by atoms with Gasteiger partial charge in [-0.1, -0.05) is 49.4 Å². The molecule has 0 heterocycles. The Morgan fingerprint density at radius 1 is 1.04 bits per heavy atom. The zero-order valence-electron chi connectivity index (χ0n) is 13.7. The topological polar surface area (TPSA) is 50.4 Å². The van der Waals surface area contributed by atoms with Crippen LogP contribution in [0.4, 0.5) is 0 Å². The molecule has 0 spiro atoms. The molecule has 2 aromatic rings. The van der Waals surface area contributed by atoms with Crippen LogP contribution < -0.4 is 15.4 Å². The molecule has 0 aliphatic heterocycles. The molecule has 122 valence electrons. The zero-order valence-corrected chi connectivity index (χ0v) is 13.7. The van der Waals surface area contributed by atoms with Crippen LogP contribution in [-0.2, 0) is 17.8 Å². The van der Waals surface area contributed by atoms with Gasteiger partial charge in [0.15, 0.2) is 0 Å². The Labute approximate surface area is 137 Å². The molecule has 23 heavy (non-hydrogen) atoms. The van der Waals surface area contributed by atoms with Crippen molar-refractivity contribution < 1.29 is 9.53 Å². The first-order chi connectivity index (χ1) is 11.2. The molecule has 0 bridgehead atoms. The summed E-state index contributed by atoms with van der Waals surface area (Å²) in [6.45, 7) is 3.28. The van der Waals surface area contributed by atoms with E-state index in [9.17, 15) is 4.79 Å². The summed E-state index contributed by atoms with van der Waals surface area (Å²) in [5.74, 6) is 0.834. The fourth-order valence-electron chi connectivity index (χ4n) is 2.41. The predicted octanol–water partition coefficient (Wildman–Crippen LogP) is 2.53. The molecule has 0 aliphatic carbocycles. The van der Waals surface area contributed by atoms with Gasteiger partial charge in [0.25, 0.3) is 0 Å². The van der Waals surface area contributed by atoms with Gasteiger partial charge in [0.05, 0.1) is 13.2 Å². The van der Waals surface area contributed by atoms with Crippen LogP contribution in [-0.4, -0.2) is 25.6 Å². The Kier molecular flexibility index (Phi) is 6.63. The third-order valence-electron chi connectivity index (χ3n) is 3.68. The molecule has 2 rings (SSSR count). The highest BCUT2D eigenvalue weighted by Gasteiger charge is 2.17. The number of carbonyl (C=O) groups is 1. The van der Waals surface area contributed by atoms with Crippen molar-refractivity contribution in [1.82, 2.24) is 10.6 Å². The largest absolute Gasteiger partial charge is 0.497 e. The van der Waals surface area contributed by atoms with Crippen LogP contribution >= 0.6 is 0 Å². The van der Waals surface area contributed by atoms with Crippen LogP contribution in [0.1, 0.15) is 18.1 Å². The van der Waals surface area contributed by atoms with Crippen molar-refractivity contribution in [2.45, 2.75) is 25.9 Å². The number of amides is 1. The highest BCUT2D eigenvalue weighted by Crippen LogP contribution is 2.11. The van der Waals surface area contributed by atoms with Gasteiger partial charge in [0, 0.05) is 6.54 Å². The molecule has 2 N–H and O–H groups in total. The van der Waals surface area contributed by atoms with Gasteiger partial charge in [0.2, 0.25) is 5.91 Å². The van der Waals surface area contributed by atoms with E-state index in [-0.39, 0.29) is 11.9 Å². The highest BCUT2D eigenvalue weighted by molar-refractivity contribution is 5.82. The van der Waals surface area contributed by atoms with Crippen molar-refractivity contribution in [3.8, 4) is 5.75 Å². The lowest BCUT2D eigenvalue weighted by molar-refractivity contribution is -0.123. The first-order valence-electron chi connectivity index (χ1n) is 7.91. The first kappa shape index (κ1) is 17.0. The van der Waals surface area contributed by atoms with E-state index in [4.69, 9.17) is 4.74 Å². The summed E-state index contributed by atoms with van der Waals surface area (Å²) in [6.07, 6.45) is 0.684. The lowest BCUT2D eigenvalue weighted by Gasteiger charge is -2.18. The molecule has 0 saturated heterocycles. The summed E-state index contributed by atoms with van der Waals surface area (Å²) in [4.78, 5) is 12.4. The Bertz CT molecular complexity index is 597. The highest BCUT2D eigenvalue weighted by atomic mass is 16.5. The monoisotopic (exact) mass is 312 g/mol. The summed E-state index contributed by atoms with van der Waals surface area (Å²) < 4.78 is 5.13. The summed E-state index contributed by atoms with van der Waals surface area (Å²) in [5.41, 5.74) is 2.20. The third kappa shape index (κ3) is 5.42. The number of likely N-dealkylation sites (N-methyl/N-ethyl adjacent to an activating group) is 1.